The summed E-state index contributed by atoms with van der Waals surface area (Å²) in [6.45, 7) is 0. The minimum absolute atomic E-state index is 0. The molecule has 0 atom stereocenters. The van der Waals surface area contributed by atoms with Crippen LogP contribution in [0.3, 0.4) is 0 Å². The van der Waals surface area contributed by atoms with Crippen molar-refractivity contribution >= 4 is 32.0 Å². The largest absolute Gasteiger partial charge is 1.00 e. The maximum Gasteiger partial charge on any atom is 1.00 e. The Balaban J connectivity index is 0.00000192. The van der Waals surface area contributed by atoms with Crippen molar-refractivity contribution in [3.05, 3.63) is 36.4 Å². The number of ether oxygens (including phenoxy) is 1. The zero-order valence-electron chi connectivity index (χ0n) is 11.6. The number of benzene rings is 2. The minimum Gasteiger partial charge on any atom is -0.455 e. The molecule has 1 aliphatic rings. The molecule has 0 aliphatic carbocycles. The van der Waals surface area contributed by atoms with Gasteiger partial charge in [0.15, 0.2) is 0 Å². The van der Waals surface area contributed by atoms with Crippen molar-refractivity contribution in [1.29, 1.82) is 0 Å². The van der Waals surface area contributed by atoms with Gasteiger partial charge in [-0.15, -0.1) is 0 Å². The van der Waals surface area contributed by atoms with Gasteiger partial charge >= 0.3 is 29.6 Å². The zero-order chi connectivity index (χ0) is 16.1. The Hall–Kier alpha value is -0.590. The average Bonchev–Trinajstić information content (AvgIpc) is 2.41. The molecule has 0 radical (unpaired) electrons. The summed E-state index contributed by atoms with van der Waals surface area (Å²) in [6, 6.07) is 7.63. The van der Waals surface area contributed by atoms with Gasteiger partial charge in [-0.25, -0.2) is 0 Å². The third kappa shape index (κ3) is 3.91. The molecule has 0 saturated carbocycles. The van der Waals surface area contributed by atoms with E-state index in [4.69, 9.17) is 13.8 Å². The summed E-state index contributed by atoms with van der Waals surface area (Å²) >= 11 is 1.07. The normalized spacial score (nSPS) is 13.3. The van der Waals surface area contributed by atoms with Gasteiger partial charge in [-0.1, -0.05) is 11.8 Å². The third-order valence-corrected chi connectivity index (χ3v) is 5.64. The first-order valence-electron chi connectivity index (χ1n) is 5.73. The molecule has 0 saturated heterocycles. The molecular weight excluding hydrogens is 375 g/mol. The van der Waals surface area contributed by atoms with Gasteiger partial charge in [0.2, 0.25) is 0 Å². The van der Waals surface area contributed by atoms with Gasteiger partial charge in [-0.3, -0.25) is 9.11 Å². The van der Waals surface area contributed by atoms with Crippen LogP contribution < -0.4 is 34.3 Å². The van der Waals surface area contributed by atoms with Gasteiger partial charge < -0.3 is 4.74 Å². The van der Waals surface area contributed by atoms with E-state index in [2.05, 4.69) is 0 Å². The van der Waals surface area contributed by atoms with Gasteiger partial charge in [-0.2, -0.15) is 16.8 Å². The van der Waals surface area contributed by atoms with Gasteiger partial charge in [0.05, 0.1) is 19.6 Å². The molecule has 0 bridgehead atoms. The average molecular weight is 383 g/mol. The molecule has 0 aromatic heterocycles. The van der Waals surface area contributed by atoms with E-state index in [1.54, 1.807) is 0 Å². The first-order chi connectivity index (χ1) is 10.1. The first kappa shape index (κ1) is 18.7. The van der Waals surface area contributed by atoms with Crippen molar-refractivity contribution in [1.82, 2.24) is 0 Å². The monoisotopic (exact) mass is 383 g/mol. The SMILES string of the molecule is O=S(=O)(O)c1ccc2c(c1)Sc1cc(S(=O)(=O)O)ccc1O2.[Na+]. The predicted molar refractivity (Wildman–Crippen MR) is 76.7 cm³/mol. The number of hydrogen-bond acceptors (Lipinski definition) is 6. The van der Waals surface area contributed by atoms with Crippen LogP contribution in [0.4, 0.5) is 0 Å². The Morgan fingerprint density at radius 3 is 1.52 bits per heavy atom. The summed E-state index contributed by atoms with van der Waals surface area (Å²) in [6.07, 6.45) is 0. The summed E-state index contributed by atoms with van der Waals surface area (Å²) in [7, 11) is -8.70. The summed E-state index contributed by atoms with van der Waals surface area (Å²) in [5.74, 6) is 0.758. The second-order valence-electron chi connectivity index (χ2n) is 4.37. The molecule has 23 heavy (non-hydrogen) atoms. The van der Waals surface area contributed by atoms with Crippen LogP contribution >= 0.6 is 11.8 Å². The number of fused-ring (bicyclic) bond motifs is 2. The second kappa shape index (κ2) is 6.37. The molecule has 0 fully saturated rings. The van der Waals surface area contributed by atoms with E-state index in [1.165, 1.54) is 36.4 Å². The van der Waals surface area contributed by atoms with E-state index in [0.717, 1.165) is 11.8 Å². The number of hydrogen-bond donors (Lipinski definition) is 2. The third-order valence-electron chi connectivity index (χ3n) is 2.87. The first-order valence-corrected chi connectivity index (χ1v) is 9.43. The van der Waals surface area contributed by atoms with Crippen molar-refractivity contribution in [2.45, 2.75) is 19.6 Å². The maximum atomic E-state index is 11.1. The van der Waals surface area contributed by atoms with Crippen molar-refractivity contribution in [3.8, 4) is 11.5 Å². The van der Waals surface area contributed by atoms with E-state index in [1.807, 2.05) is 0 Å². The van der Waals surface area contributed by atoms with Crippen LogP contribution in [-0.4, -0.2) is 25.9 Å². The van der Waals surface area contributed by atoms with Crippen LogP contribution in [0.15, 0.2) is 56.0 Å². The van der Waals surface area contributed by atoms with Crippen molar-refractivity contribution in [2.24, 2.45) is 0 Å². The molecule has 2 N–H and O–H groups in total. The van der Waals surface area contributed by atoms with Gasteiger partial charge in [0, 0.05) is 0 Å². The molecule has 116 valence electrons. The molecule has 0 unspecified atom stereocenters. The van der Waals surface area contributed by atoms with Crippen LogP contribution in [0.25, 0.3) is 0 Å². The predicted octanol–water partition coefficient (Wildman–Crippen LogP) is -0.559. The molecule has 11 heteroatoms. The molecule has 7 nitrogen and oxygen atoms in total. The van der Waals surface area contributed by atoms with Gasteiger partial charge in [0.25, 0.3) is 20.2 Å². The van der Waals surface area contributed by atoms with E-state index in [-0.39, 0.29) is 39.3 Å². The van der Waals surface area contributed by atoms with E-state index in [0.29, 0.717) is 21.3 Å². The fraction of sp³-hybridized carbons (Fsp3) is 0. The van der Waals surface area contributed by atoms with Crippen molar-refractivity contribution < 1.29 is 60.2 Å². The maximum absolute atomic E-state index is 11.1. The summed E-state index contributed by atoms with van der Waals surface area (Å²) in [5.41, 5.74) is 0. The Kier molecular flexibility index (Phi) is 5.19. The Labute approximate surface area is 158 Å². The fourth-order valence-electron chi connectivity index (χ4n) is 1.86. The fourth-order valence-corrected chi connectivity index (χ4v) is 4.05. The molecule has 3 rings (SSSR count). The smallest absolute Gasteiger partial charge is 0.455 e. The van der Waals surface area contributed by atoms with E-state index in [9.17, 15) is 16.8 Å². The summed E-state index contributed by atoms with van der Waals surface area (Å²) in [5, 5.41) is 0. The van der Waals surface area contributed by atoms with Crippen molar-refractivity contribution in [3.63, 3.8) is 0 Å². The molecular formula is C12H8NaO7S3+. The zero-order valence-corrected chi connectivity index (χ0v) is 16.1. The molecule has 1 aliphatic heterocycles. The Bertz CT molecular complexity index is 904. The summed E-state index contributed by atoms with van der Waals surface area (Å²) in [4.78, 5) is 0.207. The Morgan fingerprint density at radius 1 is 0.783 bits per heavy atom. The molecule has 0 amide bonds. The molecule has 0 spiro atoms. The van der Waals surface area contributed by atoms with Crippen molar-refractivity contribution in [2.75, 3.05) is 0 Å². The molecule has 2 aromatic carbocycles. The van der Waals surface area contributed by atoms with Crippen LogP contribution in [-0.2, 0) is 20.2 Å². The molecule has 1 heterocycles. The van der Waals surface area contributed by atoms with Gasteiger partial charge in [-0.05, 0) is 36.4 Å². The molecule has 2 aromatic rings. The van der Waals surface area contributed by atoms with Crippen LogP contribution in [0, 0.1) is 0 Å². The standard InChI is InChI=1S/C12H8O7S3.Na/c13-21(14,15)7-1-3-9-11(5-7)20-12-6-8(22(16,17)18)2-4-10(12)19-9;/h1-6H,(H,13,14,15)(H,16,17,18);/q;+1. The van der Waals surface area contributed by atoms with Crippen LogP contribution in [0.5, 0.6) is 11.5 Å². The Morgan fingerprint density at radius 2 is 1.17 bits per heavy atom. The second-order valence-corrected chi connectivity index (χ2v) is 8.30. The van der Waals surface area contributed by atoms with E-state index < -0.39 is 20.2 Å². The van der Waals surface area contributed by atoms with Crippen LogP contribution in [0.2, 0.25) is 0 Å². The van der Waals surface area contributed by atoms with Gasteiger partial charge in [0.1, 0.15) is 11.5 Å². The minimum atomic E-state index is -4.35. The number of rotatable bonds is 2. The summed E-state index contributed by atoms with van der Waals surface area (Å²) < 4.78 is 68.2. The van der Waals surface area contributed by atoms with E-state index >= 15 is 0 Å². The quantitative estimate of drug-likeness (QED) is 0.447. The topological polar surface area (TPSA) is 118 Å². The van der Waals surface area contributed by atoms with Crippen LogP contribution in [0.1, 0.15) is 0 Å².